The number of hydrogen-bond acceptors (Lipinski definition) is 2. The van der Waals surface area contributed by atoms with Gasteiger partial charge in [-0.1, -0.05) is 32.4 Å². The number of nitrogens with two attached hydrogens (primary N) is 1. The molecule has 4 heteroatoms. The van der Waals surface area contributed by atoms with E-state index in [1.807, 2.05) is 18.2 Å². The third-order valence-electron chi connectivity index (χ3n) is 3.32. The molecule has 0 radical (unpaired) electrons. The van der Waals surface area contributed by atoms with Crippen molar-refractivity contribution in [2.24, 2.45) is 5.41 Å². The lowest BCUT2D eigenvalue weighted by atomic mass is 9.88. The molecule has 1 aromatic heterocycles. The first-order chi connectivity index (χ1) is 7.80. The lowest BCUT2D eigenvalue weighted by Crippen LogP contribution is -2.22. The zero-order valence-corrected chi connectivity index (χ0v) is 11.4. The van der Waals surface area contributed by atoms with Gasteiger partial charge in [-0.15, -0.1) is 0 Å². The molecular formula is C13H18ClN3. The van der Waals surface area contributed by atoms with Crippen molar-refractivity contribution in [3.05, 3.63) is 23.2 Å². The highest BCUT2D eigenvalue weighted by molar-refractivity contribution is 6.31. The molecule has 0 amide bonds. The van der Waals surface area contributed by atoms with Crippen molar-refractivity contribution in [1.82, 2.24) is 9.55 Å². The summed E-state index contributed by atoms with van der Waals surface area (Å²) in [6, 6.07) is 5.91. The summed E-state index contributed by atoms with van der Waals surface area (Å²) >= 11 is 6.04. The third-order valence-corrected chi connectivity index (χ3v) is 3.55. The molecule has 92 valence electrons. The number of nitrogen functional groups attached to an aromatic ring is 1. The van der Waals surface area contributed by atoms with Gasteiger partial charge < -0.3 is 10.3 Å². The van der Waals surface area contributed by atoms with Crippen LogP contribution in [0, 0.1) is 5.41 Å². The number of aromatic nitrogens is 2. The Morgan fingerprint density at radius 1 is 1.35 bits per heavy atom. The van der Waals surface area contributed by atoms with Crippen LogP contribution in [0.3, 0.4) is 0 Å². The van der Waals surface area contributed by atoms with Gasteiger partial charge in [-0.3, -0.25) is 0 Å². The van der Waals surface area contributed by atoms with Crippen LogP contribution in [0.4, 0.5) is 5.95 Å². The van der Waals surface area contributed by atoms with Crippen LogP contribution < -0.4 is 5.73 Å². The van der Waals surface area contributed by atoms with Crippen LogP contribution in [0.25, 0.3) is 11.0 Å². The van der Waals surface area contributed by atoms with Gasteiger partial charge in [0.1, 0.15) is 0 Å². The Morgan fingerprint density at radius 3 is 2.59 bits per heavy atom. The van der Waals surface area contributed by atoms with Crippen molar-refractivity contribution in [2.75, 3.05) is 5.73 Å². The van der Waals surface area contributed by atoms with E-state index in [1.165, 1.54) is 0 Å². The number of benzene rings is 1. The summed E-state index contributed by atoms with van der Waals surface area (Å²) in [7, 11) is 0. The molecule has 2 aromatic rings. The SMILES string of the molecule is CC(n1c(N)nc2ccc(Cl)cc21)C(C)(C)C. The molecule has 0 aliphatic rings. The largest absolute Gasteiger partial charge is 0.369 e. The van der Waals surface area contributed by atoms with Crippen molar-refractivity contribution in [3.63, 3.8) is 0 Å². The summed E-state index contributed by atoms with van der Waals surface area (Å²) in [5, 5.41) is 0.708. The molecule has 0 aliphatic carbocycles. The number of hydrogen-bond donors (Lipinski definition) is 1. The highest BCUT2D eigenvalue weighted by Crippen LogP contribution is 2.35. The minimum absolute atomic E-state index is 0.115. The van der Waals surface area contributed by atoms with Crippen LogP contribution in [0.2, 0.25) is 5.02 Å². The molecule has 1 unspecified atom stereocenters. The maximum Gasteiger partial charge on any atom is 0.201 e. The quantitative estimate of drug-likeness (QED) is 0.836. The monoisotopic (exact) mass is 251 g/mol. The fourth-order valence-corrected chi connectivity index (χ4v) is 2.05. The van der Waals surface area contributed by atoms with Crippen LogP contribution in [-0.2, 0) is 0 Å². The number of imidazole rings is 1. The third kappa shape index (κ3) is 2.12. The molecule has 0 saturated carbocycles. The van der Waals surface area contributed by atoms with Gasteiger partial charge in [-0.25, -0.2) is 4.98 Å². The molecule has 1 aromatic carbocycles. The van der Waals surface area contributed by atoms with Crippen LogP contribution in [0.15, 0.2) is 18.2 Å². The number of halogens is 1. The molecule has 1 heterocycles. The average molecular weight is 252 g/mol. The lowest BCUT2D eigenvalue weighted by Gasteiger charge is -2.29. The van der Waals surface area contributed by atoms with Gasteiger partial charge in [0.15, 0.2) is 0 Å². The van der Waals surface area contributed by atoms with E-state index in [9.17, 15) is 0 Å². The van der Waals surface area contributed by atoms with E-state index >= 15 is 0 Å². The van der Waals surface area contributed by atoms with E-state index < -0.39 is 0 Å². The van der Waals surface area contributed by atoms with Gasteiger partial charge >= 0.3 is 0 Å². The van der Waals surface area contributed by atoms with Crippen molar-refractivity contribution in [3.8, 4) is 0 Å². The standard InChI is InChI=1S/C13H18ClN3/c1-8(13(2,3)4)17-11-7-9(14)5-6-10(11)16-12(17)15/h5-8H,1-4H3,(H2,15,16). The van der Waals surface area contributed by atoms with E-state index in [0.29, 0.717) is 11.0 Å². The second kappa shape index (κ2) is 3.91. The predicted octanol–water partition coefficient (Wildman–Crippen LogP) is 3.88. The Balaban J connectivity index is 2.68. The molecule has 0 aliphatic heterocycles. The van der Waals surface area contributed by atoms with Crippen LogP contribution in [0.1, 0.15) is 33.7 Å². The van der Waals surface area contributed by atoms with Gasteiger partial charge in [0, 0.05) is 11.1 Å². The zero-order valence-electron chi connectivity index (χ0n) is 10.7. The van der Waals surface area contributed by atoms with Crippen molar-refractivity contribution in [2.45, 2.75) is 33.7 Å². The normalized spacial score (nSPS) is 14.2. The molecule has 1 atom stereocenters. The first-order valence-electron chi connectivity index (χ1n) is 5.73. The van der Waals surface area contributed by atoms with Gasteiger partial charge in [-0.05, 0) is 30.5 Å². The molecule has 0 fully saturated rings. The second-order valence-electron chi connectivity index (χ2n) is 5.52. The summed E-state index contributed by atoms with van der Waals surface area (Å²) in [6.07, 6.45) is 0. The summed E-state index contributed by atoms with van der Waals surface area (Å²) in [6.45, 7) is 8.72. The fourth-order valence-electron chi connectivity index (χ4n) is 1.88. The summed E-state index contributed by atoms with van der Waals surface area (Å²) in [4.78, 5) is 4.37. The summed E-state index contributed by atoms with van der Waals surface area (Å²) < 4.78 is 2.06. The summed E-state index contributed by atoms with van der Waals surface area (Å²) in [5.41, 5.74) is 8.01. The van der Waals surface area contributed by atoms with E-state index in [-0.39, 0.29) is 11.5 Å². The predicted molar refractivity (Wildman–Crippen MR) is 73.3 cm³/mol. The highest BCUT2D eigenvalue weighted by Gasteiger charge is 2.25. The average Bonchev–Trinajstić information content (AvgIpc) is 2.51. The summed E-state index contributed by atoms with van der Waals surface area (Å²) in [5.74, 6) is 0.546. The van der Waals surface area contributed by atoms with Gasteiger partial charge in [0.05, 0.1) is 11.0 Å². The first-order valence-corrected chi connectivity index (χ1v) is 6.11. The highest BCUT2D eigenvalue weighted by atomic mass is 35.5. The van der Waals surface area contributed by atoms with E-state index in [1.54, 1.807) is 0 Å². The number of fused-ring (bicyclic) bond motifs is 1. The molecule has 17 heavy (non-hydrogen) atoms. The Kier molecular flexibility index (Phi) is 2.82. The Hall–Kier alpha value is -1.22. The number of anilines is 1. The molecule has 0 bridgehead atoms. The Bertz CT molecular complexity index is 552. The number of rotatable bonds is 1. The molecule has 3 nitrogen and oxygen atoms in total. The second-order valence-corrected chi connectivity index (χ2v) is 5.95. The van der Waals surface area contributed by atoms with Gasteiger partial charge in [0.2, 0.25) is 5.95 Å². The zero-order chi connectivity index (χ0) is 12.8. The molecule has 0 spiro atoms. The minimum Gasteiger partial charge on any atom is -0.369 e. The Morgan fingerprint density at radius 2 is 2.00 bits per heavy atom. The lowest BCUT2D eigenvalue weighted by molar-refractivity contribution is 0.270. The van der Waals surface area contributed by atoms with E-state index in [2.05, 4.69) is 37.2 Å². The van der Waals surface area contributed by atoms with Crippen LogP contribution in [0.5, 0.6) is 0 Å². The van der Waals surface area contributed by atoms with Crippen LogP contribution >= 0.6 is 11.6 Å². The molecular weight excluding hydrogens is 234 g/mol. The topological polar surface area (TPSA) is 43.8 Å². The van der Waals surface area contributed by atoms with E-state index in [0.717, 1.165) is 11.0 Å². The van der Waals surface area contributed by atoms with E-state index in [4.69, 9.17) is 17.3 Å². The maximum atomic E-state index is 6.04. The minimum atomic E-state index is 0.115. The maximum absolute atomic E-state index is 6.04. The fraction of sp³-hybridized carbons (Fsp3) is 0.462. The van der Waals surface area contributed by atoms with Crippen molar-refractivity contribution in [1.29, 1.82) is 0 Å². The van der Waals surface area contributed by atoms with Crippen LogP contribution in [-0.4, -0.2) is 9.55 Å². The Labute approximate surface area is 107 Å². The molecule has 0 saturated heterocycles. The first kappa shape index (κ1) is 12.2. The number of nitrogens with zero attached hydrogens (tertiary/aromatic N) is 2. The molecule has 2 N–H and O–H groups in total. The van der Waals surface area contributed by atoms with Gasteiger partial charge in [-0.2, -0.15) is 0 Å². The van der Waals surface area contributed by atoms with Gasteiger partial charge in [0.25, 0.3) is 0 Å². The smallest absolute Gasteiger partial charge is 0.201 e. The molecule has 2 rings (SSSR count). The van der Waals surface area contributed by atoms with Crippen molar-refractivity contribution < 1.29 is 0 Å². The van der Waals surface area contributed by atoms with Crippen molar-refractivity contribution >= 4 is 28.6 Å².